The number of para-hydroxylation sites is 2. The number of methoxy groups -OCH3 is 2. The molecule has 126 valence electrons. The summed E-state index contributed by atoms with van der Waals surface area (Å²) in [5.41, 5.74) is -0.316. The molecule has 0 radical (unpaired) electrons. The molecule has 9 nitrogen and oxygen atoms in total. The number of hydrogen-bond donors (Lipinski definition) is 1. The van der Waals surface area contributed by atoms with Crippen LogP contribution in [0.5, 0.6) is 0 Å². The van der Waals surface area contributed by atoms with Gasteiger partial charge in [-0.05, 0) is 6.07 Å². The topological polar surface area (TPSA) is 111 Å². The predicted octanol–water partition coefficient (Wildman–Crippen LogP) is 0.655. The molecular weight excluding hydrogens is 306 g/mol. The summed E-state index contributed by atoms with van der Waals surface area (Å²) in [7, 11) is 2.96. The summed E-state index contributed by atoms with van der Waals surface area (Å²) in [4.78, 5) is 35.8. The number of amides is 2. The van der Waals surface area contributed by atoms with Crippen LogP contribution in [0.3, 0.4) is 0 Å². The Bertz CT molecular complexity index is 555. The van der Waals surface area contributed by atoms with Crippen LogP contribution in [-0.2, 0) is 19.1 Å². The molecule has 0 aromatic heterocycles. The third kappa shape index (κ3) is 5.64. The third-order valence-corrected chi connectivity index (χ3v) is 2.96. The van der Waals surface area contributed by atoms with Crippen LogP contribution in [0.4, 0.5) is 11.4 Å². The van der Waals surface area contributed by atoms with Crippen LogP contribution in [0.1, 0.15) is 0 Å². The second kappa shape index (κ2) is 9.49. The summed E-state index contributed by atoms with van der Waals surface area (Å²) >= 11 is 0. The molecule has 1 N–H and O–H groups in total. The number of carbonyl (C=O) groups is 2. The lowest BCUT2D eigenvalue weighted by molar-refractivity contribution is -0.383. The van der Waals surface area contributed by atoms with Gasteiger partial charge in [0.05, 0.1) is 18.1 Å². The van der Waals surface area contributed by atoms with Gasteiger partial charge in [-0.15, -0.1) is 0 Å². The summed E-state index contributed by atoms with van der Waals surface area (Å²) < 4.78 is 9.79. The molecule has 0 heterocycles. The minimum Gasteiger partial charge on any atom is -0.383 e. The molecule has 9 heteroatoms. The first-order valence-corrected chi connectivity index (χ1v) is 6.82. The standard InChI is InChI=1S/C14H19N3O6/c1-22-9-7-16(8-10-23-2)14(19)13(18)15-11-5-3-4-6-12(11)17(20)21/h3-6H,7-10H2,1-2H3,(H,15,18). The largest absolute Gasteiger partial charge is 0.383 e. The van der Waals surface area contributed by atoms with Gasteiger partial charge in [0.25, 0.3) is 5.69 Å². The Morgan fingerprint density at radius 3 is 2.26 bits per heavy atom. The molecule has 0 aliphatic carbocycles. The van der Waals surface area contributed by atoms with Crippen LogP contribution in [-0.4, -0.2) is 62.2 Å². The number of nitro benzene ring substituents is 1. The van der Waals surface area contributed by atoms with Gasteiger partial charge in [0.1, 0.15) is 5.69 Å². The van der Waals surface area contributed by atoms with Crippen LogP contribution in [0.2, 0.25) is 0 Å². The normalized spacial score (nSPS) is 10.2. The molecule has 0 saturated heterocycles. The van der Waals surface area contributed by atoms with Crippen molar-refractivity contribution in [2.45, 2.75) is 0 Å². The molecule has 1 aromatic rings. The van der Waals surface area contributed by atoms with Gasteiger partial charge in [-0.1, -0.05) is 12.1 Å². The van der Waals surface area contributed by atoms with E-state index in [0.29, 0.717) is 0 Å². The fourth-order valence-corrected chi connectivity index (χ4v) is 1.78. The summed E-state index contributed by atoms with van der Waals surface area (Å²) in [5.74, 6) is -1.76. The first-order chi connectivity index (χ1) is 11.0. The quantitative estimate of drug-likeness (QED) is 0.427. The van der Waals surface area contributed by atoms with Crippen molar-refractivity contribution in [1.29, 1.82) is 0 Å². The van der Waals surface area contributed by atoms with Gasteiger partial charge in [-0.3, -0.25) is 19.7 Å². The number of rotatable bonds is 8. The van der Waals surface area contributed by atoms with E-state index in [1.165, 1.54) is 43.4 Å². The van der Waals surface area contributed by atoms with Gasteiger partial charge in [0, 0.05) is 33.4 Å². The zero-order valence-electron chi connectivity index (χ0n) is 13.0. The molecule has 0 bridgehead atoms. The Kier molecular flexibility index (Phi) is 7.64. The van der Waals surface area contributed by atoms with Crippen molar-refractivity contribution in [2.24, 2.45) is 0 Å². The molecule has 0 aliphatic heterocycles. The van der Waals surface area contributed by atoms with Crippen LogP contribution in [0.25, 0.3) is 0 Å². The highest BCUT2D eigenvalue weighted by Gasteiger charge is 2.24. The number of hydrogen-bond acceptors (Lipinski definition) is 6. The maximum absolute atomic E-state index is 12.2. The Labute approximate surface area is 133 Å². The Balaban J connectivity index is 2.81. The van der Waals surface area contributed by atoms with Crippen molar-refractivity contribution >= 4 is 23.2 Å². The van der Waals surface area contributed by atoms with Crippen molar-refractivity contribution in [1.82, 2.24) is 4.90 Å². The average Bonchev–Trinajstić information content (AvgIpc) is 2.54. The maximum atomic E-state index is 12.2. The molecule has 1 rings (SSSR count). The summed E-state index contributed by atoms with van der Waals surface area (Å²) in [6.45, 7) is 0.939. The Hall–Kier alpha value is -2.52. The third-order valence-electron chi connectivity index (χ3n) is 2.96. The number of nitro groups is 1. The van der Waals surface area contributed by atoms with Crippen molar-refractivity contribution in [3.05, 3.63) is 34.4 Å². The predicted molar refractivity (Wildman–Crippen MR) is 82.1 cm³/mol. The lowest BCUT2D eigenvalue weighted by Gasteiger charge is -2.21. The van der Waals surface area contributed by atoms with Crippen molar-refractivity contribution in [2.75, 3.05) is 45.8 Å². The number of nitrogens with one attached hydrogen (secondary N) is 1. The lowest BCUT2D eigenvalue weighted by atomic mass is 10.2. The molecule has 0 atom stereocenters. The smallest absolute Gasteiger partial charge is 0.314 e. The monoisotopic (exact) mass is 325 g/mol. The molecule has 0 unspecified atom stereocenters. The molecular formula is C14H19N3O6. The number of nitrogens with zero attached hydrogens (tertiary/aromatic N) is 2. The van der Waals surface area contributed by atoms with E-state index < -0.39 is 16.7 Å². The first-order valence-electron chi connectivity index (χ1n) is 6.82. The van der Waals surface area contributed by atoms with E-state index in [1.54, 1.807) is 0 Å². The van der Waals surface area contributed by atoms with Crippen molar-refractivity contribution in [3.8, 4) is 0 Å². The maximum Gasteiger partial charge on any atom is 0.314 e. The van der Waals surface area contributed by atoms with Crippen LogP contribution in [0.15, 0.2) is 24.3 Å². The van der Waals surface area contributed by atoms with Gasteiger partial charge in [0.15, 0.2) is 0 Å². The second-order valence-electron chi connectivity index (χ2n) is 4.51. The molecule has 0 aliphatic rings. The molecule has 23 heavy (non-hydrogen) atoms. The van der Waals surface area contributed by atoms with E-state index in [4.69, 9.17) is 9.47 Å². The first kappa shape index (κ1) is 18.5. The minimum atomic E-state index is -0.952. The van der Waals surface area contributed by atoms with E-state index >= 15 is 0 Å². The van der Waals surface area contributed by atoms with E-state index in [-0.39, 0.29) is 37.7 Å². The minimum absolute atomic E-state index is 0.0331. The Morgan fingerprint density at radius 1 is 1.17 bits per heavy atom. The number of carbonyl (C=O) groups excluding carboxylic acids is 2. The molecule has 0 spiro atoms. The zero-order chi connectivity index (χ0) is 17.2. The van der Waals surface area contributed by atoms with E-state index in [9.17, 15) is 19.7 Å². The van der Waals surface area contributed by atoms with Crippen LogP contribution in [0, 0.1) is 10.1 Å². The average molecular weight is 325 g/mol. The van der Waals surface area contributed by atoms with E-state index in [0.717, 1.165) is 0 Å². The van der Waals surface area contributed by atoms with Crippen molar-refractivity contribution < 1.29 is 24.0 Å². The number of anilines is 1. The molecule has 2 amide bonds. The van der Waals surface area contributed by atoms with Crippen molar-refractivity contribution in [3.63, 3.8) is 0 Å². The fourth-order valence-electron chi connectivity index (χ4n) is 1.78. The molecule has 1 aromatic carbocycles. The SMILES string of the molecule is COCCN(CCOC)C(=O)C(=O)Nc1ccccc1[N+](=O)[O-]. The molecule has 0 saturated carbocycles. The summed E-state index contributed by atoms with van der Waals surface area (Å²) in [6, 6.07) is 5.60. The summed E-state index contributed by atoms with van der Waals surface area (Å²) in [5, 5.41) is 13.2. The highest BCUT2D eigenvalue weighted by Crippen LogP contribution is 2.23. The van der Waals surface area contributed by atoms with Crippen LogP contribution >= 0.6 is 0 Å². The van der Waals surface area contributed by atoms with E-state index in [1.807, 2.05) is 0 Å². The van der Waals surface area contributed by atoms with E-state index in [2.05, 4.69) is 5.32 Å². The van der Waals surface area contributed by atoms with Gasteiger partial charge in [-0.2, -0.15) is 0 Å². The van der Waals surface area contributed by atoms with Gasteiger partial charge in [-0.25, -0.2) is 0 Å². The van der Waals surface area contributed by atoms with Crippen LogP contribution < -0.4 is 5.32 Å². The number of benzene rings is 1. The van der Waals surface area contributed by atoms with Gasteiger partial charge in [0.2, 0.25) is 0 Å². The highest BCUT2D eigenvalue weighted by atomic mass is 16.6. The highest BCUT2D eigenvalue weighted by molar-refractivity contribution is 6.39. The Morgan fingerprint density at radius 2 is 1.74 bits per heavy atom. The van der Waals surface area contributed by atoms with Gasteiger partial charge < -0.3 is 19.7 Å². The second-order valence-corrected chi connectivity index (χ2v) is 4.51. The lowest BCUT2D eigenvalue weighted by Crippen LogP contribution is -2.43. The molecule has 0 fully saturated rings. The summed E-state index contributed by atoms with van der Waals surface area (Å²) in [6.07, 6.45) is 0. The zero-order valence-corrected chi connectivity index (χ0v) is 13.0. The fraction of sp³-hybridized carbons (Fsp3) is 0.429. The number of ether oxygens (including phenoxy) is 2. The van der Waals surface area contributed by atoms with Gasteiger partial charge >= 0.3 is 11.8 Å².